The highest BCUT2D eigenvalue weighted by Crippen LogP contribution is 2.29. The molecule has 0 amide bonds. The molecule has 0 radical (unpaired) electrons. The Balaban J connectivity index is 2.86. The van der Waals surface area contributed by atoms with Gasteiger partial charge in [0, 0.05) is 0 Å². The van der Waals surface area contributed by atoms with Crippen LogP contribution in [0, 0.1) is 0 Å². The van der Waals surface area contributed by atoms with Gasteiger partial charge in [0.2, 0.25) is 6.17 Å². The SMILES string of the molecule is CCOC(=O)C(F)[C@@H](N)c1ccc(OC)c(Br)c1. The van der Waals surface area contributed by atoms with Crippen molar-refractivity contribution >= 4 is 21.9 Å². The Morgan fingerprint density at radius 2 is 2.22 bits per heavy atom. The third-order valence-corrected chi connectivity index (χ3v) is 3.01. The highest BCUT2D eigenvalue weighted by Gasteiger charge is 2.28. The quantitative estimate of drug-likeness (QED) is 0.846. The maximum absolute atomic E-state index is 13.7. The van der Waals surface area contributed by atoms with Crippen molar-refractivity contribution in [2.75, 3.05) is 13.7 Å². The maximum atomic E-state index is 13.7. The molecular weight excluding hydrogens is 305 g/mol. The first-order chi connectivity index (χ1) is 8.51. The van der Waals surface area contributed by atoms with E-state index < -0.39 is 18.2 Å². The molecule has 2 atom stereocenters. The van der Waals surface area contributed by atoms with Gasteiger partial charge in [0.05, 0.1) is 24.2 Å². The Bertz CT molecular complexity index is 428. The smallest absolute Gasteiger partial charge is 0.342 e. The van der Waals surface area contributed by atoms with E-state index >= 15 is 0 Å². The number of carbonyl (C=O) groups is 1. The molecule has 0 fully saturated rings. The van der Waals surface area contributed by atoms with E-state index in [1.54, 1.807) is 25.1 Å². The van der Waals surface area contributed by atoms with Crippen molar-refractivity contribution in [1.29, 1.82) is 0 Å². The highest BCUT2D eigenvalue weighted by atomic mass is 79.9. The number of halogens is 2. The molecule has 1 aromatic rings. The zero-order valence-corrected chi connectivity index (χ0v) is 11.7. The fraction of sp³-hybridized carbons (Fsp3) is 0.417. The number of ether oxygens (including phenoxy) is 2. The monoisotopic (exact) mass is 319 g/mol. The molecule has 0 aliphatic carbocycles. The maximum Gasteiger partial charge on any atom is 0.342 e. The molecule has 18 heavy (non-hydrogen) atoms. The van der Waals surface area contributed by atoms with E-state index in [1.165, 1.54) is 7.11 Å². The summed E-state index contributed by atoms with van der Waals surface area (Å²) in [7, 11) is 1.52. The van der Waals surface area contributed by atoms with Crippen molar-refractivity contribution in [2.45, 2.75) is 19.1 Å². The Morgan fingerprint density at radius 1 is 1.56 bits per heavy atom. The molecule has 0 heterocycles. The lowest BCUT2D eigenvalue weighted by molar-refractivity contribution is -0.149. The van der Waals surface area contributed by atoms with E-state index in [-0.39, 0.29) is 6.61 Å². The van der Waals surface area contributed by atoms with Crippen molar-refractivity contribution in [3.8, 4) is 5.75 Å². The van der Waals surface area contributed by atoms with Crippen LogP contribution in [0.25, 0.3) is 0 Å². The third kappa shape index (κ3) is 3.43. The van der Waals surface area contributed by atoms with Gasteiger partial charge in [-0.15, -0.1) is 0 Å². The van der Waals surface area contributed by atoms with Crippen LogP contribution in [0.3, 0.4) is 0 Å². The molecule has 0 saturated heterocycles. The summed E-state index contributed by atoms with van der Waals surface area (Å²) < 4.78 is 24.0. The van der Waals surface area contributed by atoms with Crippen molar-refractivity contribution in [3.63, 3.8) is 0 Å². The lowest BCUT2D eigenvalue weighted by Crippen LogP contribution is -2.31. The number of nitrogens with two attached hydrogens (primary N) is 1. The largest absolute Gasteiger partial charge is 0.496 e. The average molecular weight is 320 g/mol. The molecule has 1 aromatic carbocycles. The molecule has 6 heteroatoms. The number of rotatable bonds is 5. The molecule has 1 unspecified atom stereocenters. The van der Waals surface area contributed by atoms with E-state index in [9.17, 15) is 9.18 Å². The second kappa shape index (κ2) is 6.70. The minimum atomic E-state index is -1.88. The van der Waals surface area contributed by atoms with Gasteiger partial charge in [0.1, 0.15) is 5.75 Å². The van der Waals surface area contributed by atoms with Crippen LogP contribution in [0.4, 0.5) is 4.39 Å². The summed E-state index contributed by atoms with van der Waals surface area (Å²) in [6, 6.07) is 3.82. The molecule has 4 nitrogen and oxygen atoms in total. The van der Waals surface area contributed by atoms with Crippen LogP contribution in [0.2, 0.25) is 0 Å². The van der Waals surface area contributed by atoms with Gasteiger partial charge in [0.25, 0.3) is 0 Å². The second-order valence-electron chi connectivity index (χ2n) is 3.57. The van der Waals surface area contributed by atoms with Crippen molar-refractivity contribution in [3.05, 3.63) is 28.2 Å². The molecule has 0 spiro atoms. The highest BCUT2D eigenvalue weighted by molar-refractivity contribution is 9.10. The van der Waals surface area contributed by atoms with E-state index in [0.29, 0.717) is 15.8 Å². The first kappa shape index (κ1) is 14.9. The van der Waals surface area contributed by atoms with Crippen molar-refractivity contribution in [1.82, 2.24) is 0 Å². The first-order valence-electron chi connectivity index (χ1n) is 5.41. The zero-order valence-electron chi connectivity index (χ0n) is 10.2. The molecule has 0 saturated carbocycles. The van der Waals surface area contributed by atoms with Gasteiger partial charge in [-0.25, -0.2) is 9.18 Å². The minimum Gasteiger partial charge on any atom is -0.496 e. The summed E-state index contributed by atoms with van der Waals surface area (Å²) in [6.45, 7) is 1.73. The van der Waals surface area contributed by atoms with E-state index in [1.807, 2.05) is 0 Å². The van der Waals surface area contributed by atoms with E-state index in [0.717, 1.165) is 0 Å². The number of hydrogen-bond acceptors (Lipinski definition) is 4. The summed E-state index contributed by atoms with van der Waals surface area (Å²) in [4.78, 5) is 11.3. The minimum absolute atomic E-state index is 0.123. The Hall–Kier alpha value is -1.14. The molecule has 2 N–H and O–H groups in total. The number of hydrogen-bond donors (Lipinski definition) is 1. The lowest BCUT2D eigenvalue weighted by Gasteiger charge is -2.16. The Labute approximate surface area is 113 Å². The van der Waals surface area contributed by atoms with Gasteiger partial charge in [-0.1, -0.05) is 6.07 Å². The van der Waals surface area contributed by atoms with Crippen LogP contribution in [0.5, 0.6) is 5.75 Å². The fourth-order valence-electron chi connectivity index (χ4n) is 1.43. The van der Waals surface area contributed by atoms with E-state index in [2.05, 4.69) is 20.7 Å². The molecule has 0 aliphatic rings. The Morgan fingerprint density at radius 3 is 2.72 bits per heavy atom. The number of esters is 1. The second-order valence-corrected chi connectivity index (χ2v) is 4.43. The van der Waals surface area contributed by atoms with Crippen LogP contribution in [-0.4, -0.2) is 25.9 Å². The predicted octanol–water partition coefficient (Wildman–Crippen LogP) is 2.36. The van der Waals surface area contributed by atoms with Gasteiger partial charge in [-0.3, -0.25) is 0 Å². The molecule has 0 aromatic heterocycles. The number of benzene rings is 1. The van der Waals surface area contributed by atoms with E-state index in [4.69, 9.17) is 10.5 Å². The van der Waals surface area contributed by atoms with Gasteiger partial charge >= 0.3 is 5.97 Å². The van der Waals surface area contributed by atoms with Crippen molar-refractivity contribution in [2.24, 2.45) is 5.73 Å². The summed E-state index contributed by atoms with van der Waals surface area (Å²) in [5.41, 5.74) is 6.18. The number of carbonyl (C=O) groups excluding carboxylic acids is 1. The molecular formula is C12H15BrFNO3. The predicted molar refractivity (Wildman–Crippen MR) is 69.2 cm³/mol. The van der Waals surface area contributed by atoms with Crippen LogP contribution >= 0.6 is 15.9 Å². The Kier molecular flexibility index (Phi) is 5.55. The fourth-order valence-corrected chi connectivity index (χ4v) is 1.99. The number of methoxy groups -OCH3 is 1. The van der Waals surface area contributed by atoms with Gasteiger partial charge in [-0.2, -0.15) is 0 Å². The molecule has 0 aliphatic heterocycles. The first-order valence-corrected chi connectivity index (χ1v) is 6.20. The topological polar surface area (TPSA) is 61.5 Å². The average Bonchev–Trinajstić information content (AvgIpc) is 2.37. The summed E-state index contributed by atoms with van der Waals surface area (Å²) in [6.07, 6.45) is -1.88. The zero-order chi connectivity index (χ0) is 13.7. The lowest BCUT2D eigenvalue weighted by atomic mass is 10.0. The standard InChI is InChI=1S/C12H15BrFNO3/c1-3-18-12(16)10(14)11(15)7-4-5-9(17-2)8(13)6-7/h4-6,10-11H,3,15H2,1-2H3/t10?,11-/m0/s1. The van der Waals surface area contributed by atoms with Crippen molar-refractivity contribution < 1.29 is 18.7 Å². The molecule has 1 rings (SSSR count). The van der Waals surface area contributed by atoms with Crippen LogP contribution in [0.15, 0.2) is 22.7 Å². The van der Waals surface area contributed by atoms with Crippen LogP contribution < -0.4 is 10.5 Å². The third-order valence-electron chi connectivity index (χ3n) is 2.39. The normalized spacial score (nSPS) is 13.8. The van der Waals surface area contributed by atoms with Gasteiger partial charge in [-0.05, 0) is 40.5 Å². The summed E-state index contributed by atoms with van der Waals surface area (Å²) >= 11 is 3.27. The van der Waals surface area contributed by atoms with Gasteiger partial charge < -0.3 is 15.2 Å². The molecule has 0 bridgehead atoms. The van der Waals surface area contributed by atoms with Crippen LogP contribution in [0.1, 0.15) is 18.5 Å². The number of alkyl halides is 1. The summed E-state index contributed by atoms with van der Waals surface area (Å²) in [5.74, 6) is -0.338. The summed E-state index contributed by atoms with van der Waals surface area (Å²) in [5, 5.41) is 0. The van der Waals surface area contributed by atoms with Crippen LogP contribution in [-0.2, 0) is 9.53 Å². The molecule has 100 valence electrons. The van der Waals surface area contributed by atoms with Gasteiger partial charge in [0.15, 0.2) is 0 Å².